The molecule has 1 saturated heterocycles. The lowest BCUT2D eigenvalue weighted by Gasteiger charge is -2.16. The van der Waals surface area contributed by atoms with E-state index in [0.29, 0.717) is 18.7 Å². The van der Waals surface area contributed by atoms with E-state index in [0.717, 1.165) is 11.3 Å². The van der Waals surface area contributed by atoms with Crippen LogP contribution >= 0.6 is 0 Å². The molecule has 0 aliphatic carbocycles. The van der Waals surface area contributed by atoms with Crippen molar-refractivity contribution in [3.63, 3.8) is 0 Å². The van der Waals surface area contributed by atoms with Gasteiger partial charge in [0.2, 0.25) is 0 Å². The second-order valence-electron chi connectivity index (χ2n) is 3.84. The van der Waals surface area contributed by atoms with Gasteiger partial charge in [-0.1, -0.05) is 0 Å². The molecule has 80 valence electrons. The summed E-state index contributed by atoms with van der Waals surface area (Å²) in [5, 5.41) is 9.34. The van der Waals surface area contributed by atoms with E-state index in [1.54, 1.807) is 17.0 Å². The quantitative estimate of drug-likeness (QED) is 0.664. The van der Waals surface area contributed by atoms with Crippen LogP contribution in [0.3, 0.4) is 0 Å². The number of aryl methyl sites for hydroxylation is 1. The standard InChI is InChI=1S/C11H14N2O2/c1-7-6-8(2-3-9(7)12)13-5-4-10(14)11(13)15/h2-3,6,10,14H,4-5,12H2,1H3. The first-order valence-corrected chi connectivity index (χ1v) is 4.95. The highest BCUT2D eigenvalue weighted by molar-refractivity contribution is 5.98. The number of nitrogens with two attached hydrogens (primary N) is 1. The Labute approximate surface area is 88.3 Å². The number of rotatable bonds is 1. The maximum atomic E-state index is 11.5. The van der Waals surface area contributed by atoms with Gasteiger partial charge in [0.05, 0.1) is 0 Å². The zero-order valence-corrected chi connectivity index (χ0v) is 8.60. The number of aliphatic hydroxyl groups excluding tert-OH is 1. The van der Waals surface area contributed by atoms with Crippen LogP contribution in [0.15, 0.2) is 18.2 Å². The Hall–Kier alpha value is -1.55. The Morgan fingerprint density at radius 2 is 2.27 bits per heavy atom. The lowest BCUT2D eigenvalue weighted by molar-refractivity contribution is -0.123. The van der Waals surface area contributed by atoms with Crippen molar-refractivity contribution in [3.8, 4) is 0 Å². The van der Waals surface area contributed by atoms with Crippen LogP contribution in [0, 0.1) is 6.92 Å². The van der Waals surface area contributed by atoms with E-state index >= 15 is 0 Å². The minimum absolute atomic E-state index is 0.223. The van der Waals surface area contributed by atoms with E-state index in [9.17, 15) is 9.90 Å². The molecule has 0 bridgehead atoms. The zero-order valence-electron chi connectivity index (χ0n) is 8.60. The maximum absolute atomic E-state index is 11.5. The van der Waals surface area contributed by atoms with Gasteiger partial charge in [0.1, 0.15) is 6.10 Å². The topological polar surface area (TPSA) is 66.6 Å². The normalized spacial score (nSPS) is 21.1. The summed E-state index contributed by atoms with van der Waals surface area (Å²) in [4.78, 5) is 13.1. The molecule has 1 amide bonds. The van der Waals surface area contributed by atoms with Crippen molar-refractivity contribution in [2.24, 2.45) is 0 Å². The lowest BCUT2D eigenvalue weighted by Crippen LogP contribution is -2.29. The van der Waals surface area contributed by atoms with Crippen LogP contribution in [0.5, 0.6) is 0 Å². The summed E-state index contributed by atoms with van der Waals surface area (Å²) in [5.41, 5.74) is 8.16. The number of amides is 1. The first kappa shape index (κ1) is 9.98. The molecule has 4 heteroatoms. The molecule has 0 saturated carbocycles. The van der Waals surface area contributed by atoms with Gasteiger partial charge in [-0.15, -0.1) is 0 Å². The van der Waals surface area contributed by atoms with Gasteiger partial charge in [0.25, 0.3) is 5.91 Å². The average Bonchev–Trinajstić information content (AvgIpc) is 2.53. The van der Waals surface area contributed by atoms with Crippen LogP contribution in [0.4, 0.5) is 11.4 Å². The van der Waals surface area contributed by atoms with Crippen molar-refractivity contribution in [3.05, 3.63) is 23.8 Å². The van der Waals surface area contributed by atoms with Gasteiger partial charge in [-0.05, 0) is 30.7 Å². The molecule has 0 aromatic heterocycles. The summed E-state index contributed by atoms with van der Waals surface area (Å²) < 4.78 is 0. The summed E-state index contributed by atoms with van der Waals surface area (Å²) in [5.74, 6) is -0.223. The largest absolute Gasteiger partial charge is 0.399 e. The Morgan fingerprint density at radius 3 is 2.80 bits per heavy atom. The molecular formula is C11H14N2O2. The van der Waals surface area contributed by atoms with E-state index in [1.807, 2.05) is 13.0 Å². The molecular weight excluding hydrogens is 192 g/mol. The Morgan fingerprint density at radius 1 is 1.53 bits per heavy atom. The third-order valence-corrected chi connectivity index (χ3v) is 2.74. The monoisotopic (exact) mass is 206 g/mol. The summed E-state index contributed by atoms with van der Waals surface area (Å²) in [6, 6.07) is 5.45. The smallest absolute Gasteiger partial charge is 0.255 e. The second kappa shape index (κ2) is 3.55. The minimum atomic E-state index is -0.845. The molecule has 1 fully saturated rings. The Balaban J connectivity index is 2.31. The first-order chi connectivity index (χ1) is 7.09. The fourth-order valence-corrected chi connectivity index (χ4v) is 1.75. The number of nitrogen functional groups attached to an aromatic ring is 1. The van der Waals surface area contributed by atoms with Crippen LogP contribution in [-0.4, -0.2) is 23.7 Å². The highest BCUT2D eigenvalue weighted by Gasteiger charge is 2.30. The second-order valence-corrected chi connectivity index (χ2v) is 3.84. The molecule has 1 aliphatic heterocycles. The molecule has 1 atom stereocenters. The van der Waals surface area contributed by atoms with E-state index in [4.69, 9.17) is 5.73 Å². The Bertz CT molecular complexity index is 404. The summed E-state index contributed by atoms with van der Waals surface area (Å²) in [6.45, 7) is 2.47. The SMILES string of the molecule is Cc1cc(N2CCC(O)C2=O)ccc1N. The molecule has 15 heavy (non-hydrogen) atoms. The van der Waals surface area contributed by atoms with E-state index in [1.165, 1.54) is 0 Å². The van der Waals surface area contributed by atoms with E-state index in [-0.39, 0.29) is 5.91 Å². The third-order valence-electron chi connectivity index (χ3n) is 2.74. The van der Waals surface area contributed by atoms with Gasteiger partial charge in [0.15, 0.2) is 0 Å². The third kappa shape index (κ3) is 1.68. The molecule has 1 aromatic rings. The predicted octanol–water partition coefficient (Wildman–Crippen LogP) is 0.675. The highest BCUT2D eigenvalue weighted by atomic mass is 16.3. The van der Waals surface area contributed by atoms with E-state index in [2.05, 4.69) is 0 Å². The van der Waals surface area contributed by atoms with Gasteiger partial charge >= 0.3 is 0 Å². The number of hydrogen-bond acceptors (Lipinski definition) is 3. The van der Waals surface area contributed by atoms with Crippen molar-refractivity contribution in [2.45, 2.75) is 19.4 Å². The number of hydrogen-bond donors (Lipinski definition) is 2. The number of carbonyl (C=O) groups excluding carboxylic acids is 1. The van der Waals surface area contributed by atoms with Crippen molar-refractivity contribution in [1.82, 2.24) is 0 Å². The van der Waals surface area contributed by atoms with Crippen LogP contribution in [-0.2, 0) is 4.79 Å². The molecule has 1 heterocycles. The number of benzene rings is 1. The van der Waals surface area contributed by atoms with Crippen molar-refractivity contribution >= 4 is 17.3 Å². The lowest BCUT2D eigenvalue weighted by atomic mass is 10.2. The number of nitrogens with zero attached hydrogens (tertiary/aromatic N) is 1. The summed E-state index contributed by atoms with van der Waals surface area (Å²) >= 11 is 0. The Kier molecular flexibility index (Phi) is 2.36. The van der Waals surface area contributed by atoms with Crippen LogP contribution < -0.4 is 10.6 Å². The fourth-order valence-electron chi connectivity index (χ4n) is 1.75. The minimum Gasteiger partial charge on any atom is -0.399 e. The van der Waals surface area contributed by atoms with Gasteiger partial charge in [0, 0.05) is 24.3 Å². The van der Waals surface area contributed by atoms with Crippen LogP contribution in [0.2, 0.25) is 0 Å². The van der Waals surface area contributed by atoms with Gasteiger partial charge in [-0.3, -0.25) is 4.79 Å². The number of aliphatic hydroxyl groups is 1. The summed E-state index contributed by atoms with van der Waals surface area (Å²) in [7, 11) is 0. The summed E-state index contributed by atoms with van der Waals surface area (Å²) in [6.07, 6.45) is -0.342. The van der Waals surface area contributed by atoms with Crippen molar-refractivity contribution < 1.29 is 9.90 Å². The first-order valence-electron chi connectivity index (χ1n) is 4.95. The van der Waals surface area contributed by atoms with Crippen molar-refractivity contribution in [2.75, 3.05) is 17.2 Å². The van der Waals surface area contributed by atoms with Crippen LogP contribution in [0.25, 0.3) is 0 Å². The van der Waals surface area contributed by atoms with Gasteiger partial charge in [-0.2, -0.15) is 0 Å². The van der Waals surface area contributed by atoms with Gasteiger partial charge < -0.3 is 15.7 Å². The van der Waals surface area contributed by atoms with Crippen LogP contribution in [0.1, 0.15) is 12.0 Å². The number of carbonyl (C=O) groups is 1. The van der Waals surface area contributed by atoms with E-state index < -0.39 is 6.10 Å². The molecule has 3 N–H and O–H groups in total. The predicted molar refractivity (Wildman–Crippen MR) is 58.6 cm³/mol. The van der Waals surface area contributed by atoms with Gasteiger partial charge in [-0.25, -0.2) is 0 Å². The maximum Gasteiger partial charge on any atom is 0.255 e. The average molecular weight is 206 g/mol. The molecule has 1 aromatic carbocycles. The highest BCUT2D eigenvalue weighted by Crippen LogP contribution is 2.24. The molecule has 2 rings (SSSR count). The van der Waals surface area contributed by atoms with Crippen molar-refractivity contribution in [1.29, 1.82) is 0 Å². The fraction of sp³-hybridized carbons (Fsp3) is 0.364. The zero-order chi connectivity index (χ0) is 11.0. The molecule has 1 aliphatic rings. The molecule has 4 nitrogen and oxygen atoms in total. The molecule has 0 radical (unpaired) electrons. The molecule has 0 spiro atoms. The molecule has 1 unspecified atom stereocenters. The number of anilines is 2.